The van der Waals surface area contributed by atoms with Gasteiger partial charge in [0.1, 0.15) is 0 Å². The Kier molecular flexibility index (Phi) is 6.33. The molecule has 3 heterocycles. The van der Waals surface area contributed by atoms with E-state index >= 15 is 0 Å². The second-order valence-electron chi connectivity index (χ2n) is 12.2. The fourth-order valence-corrected chi connectivity index (χ4v) is 9.23. The van der Waals surface area contributed by atoms with E-state index in [0.717, 1.165) is 38.4 Å². The van der Waals surface area contributed by atoms with Crippen molar-refractivity contribution in [3.05, 3.63) is 158 Å². The minimum atomic E-state index is 0.744. The minimum Gasteiger partial charge on any atom is -0.226 e. The van der Waals surface area contributed by atoms with Crippen molar-refractivity contribution in [1.29, 1.82) is 0 Å². The summed E-state index contributed by atoms with van der Waals surface area (Å²) in [5, 5.41) is 3.83. The number of fused-ring (bicyclic) bond motifs is 5. The van der Waals surface area contributed by atoms with Gasteiger partial charge >= 0.3 is 0 Å². The molecule has 0 saturated heterocycles. The normalized spacial score (nSPS) is 12.1. The number of hydrogen-bond acceptors (Lipinski definition) is 4. The number of thiophene rings is 1. The first-order valence-corrected chi connectivity index (χ1v) is 17.7. The third-order valence-corrected chi connectivity index (χ3v) is 11.6. The van der Waals surface area contributed by atoms with Crippen molar-refractivity contribution in [1.82, 2.24) is 9.97 Å². The maximum atomic E-state index is 5.15. The molecule has 4 heteroatoms. The molecule has 1 aliphatic heterocycles. The van der Waals surface area contributed by atoms with Crippen molar-refractivity contribution >= 4 is 54.2 Å². The van der Waals surface area contributed by atoms with Gasteiger partial charge in [-0.25, -0.2) is 9.97 Å². The fraction of sp³-hybridized carbons (Fsp3) is 0. The summed E-state index contributed by atoms with van der Waals surface area (Å²) in [6.45, 7) is 0. The number of rotatable bonds is 4. The highest BCUT2D eigenvalue weighted by atomic mass is 32.2. The summed E-state index contributed by atoms with van der Waals surface area (Å²) < 4.78 is 2.35. The van der Waals surface area contributed by atoms with Gasteiger partial charge in [0, 0.05) is 36.4 Å². The molecule has 2 nitrogen and oxygen atoms in total. The van der Waals surface area contributed by atoms with Gasteiger partial charge in [-0.3, -0.25) is 0 Å². The summed E-state index contributed by atoms with van der Waals surface area (Å²) in [5.74, 6) is 0.744. The highest BCUT2D eigenvalue weighted by Gasteiger charge is 2.20. The third kappa shape index (κ3) is 4.49. The summed E-state index contributed by atoms with van der Waals surface area (Å²) in [6, 6.07) is 56.7. The van der Waals surface area contributed by atoms with Gasteiger partial charge in [0.15, 0.2) is 5.82 Å². The maximum Gasteiger partial charge on any atom is 0.160 e. The quantitative estimate of drug-likeness (QED) is 0.190. The van der Waals surface area contributed by atoms with Gasteiger partial charge in [-0.1, -0.05) is 139 Å². The average molecular weight is 647 g/mol. The predicted molar refractivity (Wildman–Crippen MR) is 204 cm³/mol. The van der Waals surface area contributed by atoms with Crippen molar-refractivity contribution in [3.8, 4) is 56.0 Å². The van der Waals surface area contributed by atoms with Crippen LogP contribution < -0.4 is 0 Å². The lowest BCUT2D eigenvalue weighted by atomic mass is 9.93. The Morgan fingerprint density at radius 1 is 0.438 bits per heavy atom. The van der Waals surface area contributed by atoms with E-state index in [9.17, 15) is 0 Å². The first kappa shape index (κ1) is 27.6. The zero-order valence-corrected chi connectivity index (χ0v) is 27.4. The molecule has 9 aromatic rings. The van der Waals surface area contributed by atoms with Crippen LogP contribution in [0.2, 0.25) is 0 Å². The average Bonchev–Trinajstić information content (AvgIpc) is 3.54. The molecule has 10 rings (SSSR count). The van der Waals surface area contributed by atoms with Crippen molar-refractivity contribution in [2.24, 2.45) is 0 Å². The molecule has 48 heavy (non-hydrogen) atoms. The molecule has 0 aliphatic carbocycles. The van der Waals surface area contributed by atoms with Crippen LogP contribution in [0.5, 0.6) is 0 Å². The molecule has 0 fully saturated rings. The van der Waals surface area contributed by atoms with Crippen LogP contribution in [0.4, 0.5) is 0 Å². The smallest absolute Gasteiger partial charge is 0.160 e. The van der Waals surface area contributed by atoms with Gasteiger partial charge < -0.3 is 0 Å². The van der Waals surface area contributed by atoms with E-state index in [1.54, 1.807) is 11.3 Å². The third-order valence-electron chi connectivity index (χ3n) is 9.30. The Morgan fingerprint density at radius 2 is 1.12 bits per heavy atom. The van der Waals surface area contributed by atoms with Gasteiger partial charge in [0.05, 0.1) is 15.9 Å². The molecular formula is C44H26N2S2. The molecule has 0 bridgehead atoms. The molecule has 1 aliphatic rings. The molecule has 0 unspecified atom stereocenters. The van der Waals surface area contributed by atoms with Crippen LogP contribution in [-0.4, -0.2) is 9.97 Å². The lowest BCUT2D eigenvalue weighted by Gasteiger charge is -2.21. The molecule has 2 aromatic heterocycles. The number of nitrogens with zero attached hydrogens (tertiary/aromatic N) is 2. The summed E-state index contributed by atoms with van der Waals surface area (Å²) in [6.07, 6.45) is 0. The van der Waals surface area contributed by atoms with Gasteiger partial charge in [-0.05, 0) is 69.1 Å². The summed E-state index contributed by atoms with van der Waals surface area (Å²) in [4.78, 5) is 12.9. The highest BCUT2D eigenvalue weighted by Crippen LogP contribution is 2.49. The summed E-state index contributed by atoms with van der Waals surface area (Å²) in [5.41, 5.74) is 11.5. The van der Waals surface area contributed by atoms with E-state index < -0.39 is 0 Å². The van der Waals surface area contributed by atoms with Crippen molar-refractivity contribution in [2.45, 2.75) is 9.79 Å². The lowest BCUT2D eigenvalue weighted by Crippen LogP contribution is -1.94. The van der Waals surface area contributed by atoms with Gasteiger partial charge in [0.2, 0.25) is 0 Å². The van der Waals surface area contributed by atoms with Gasteiger partial charge in [0.25, 0.3) is 0 Å². The fourth-order valence-electron chi connectivity index (χ4n) is 6.95. The topological polar surface area (TPSA) is 25.8 Å². The zero-order valence-electron chi connectivity index (χ0n) is 25.7. The van der Waals surface area contributed by atoms with Crippen LogP contribution in [0.25, 0.3) is 87.1 Å². The van der Waals surface area contributed by atoms with E-state index in [1.165, 1.54) is 58.5 Å². The van der Waals surface area contributed by atoms with Crippen LogP contribution in [0, 0.1) is 0 Å². The lowest BCUT2D eigenvalue weighted by molar-refractivity contribution is 1.24. The Morgan fingerprint density at radius 3 is 2.00 bits per heavy atom. The molecule has 0 amide bonds. The standard InChI is InChI=1S/C44H26N2S2/c1-2-9-29(10-3-1)41-43-42(35-15-4-5-17-37(35)48-43)46-44(45-41)30-21-19-27(20-22-30)31-13-6-14-32(25-31)33-23-24-38-36(26-33)34-16-7-11-28-12-8-18-39(47-38)40(28)34/h1-26H. The number of hydrogen-bond donors (Lipinski definition) is 0. The molecule has 0 radical (unpaired) electrons. The van der Waals surface area contributed by atoms with E-state index in [-0.39, 0.29) is 0 Å². The van der Waals surface area contributed by atoms with Crippen LogP contribution in [0.1, 0.15) is 0 Å². The number of benzene rings is 7. The van der Waals surface area contributed by atoms with Crippen LogP contribution in [-0.2, 0) is 0 Å². The molecule has 7 aromatic carbocycles. The van der Waals surface area contributed by atoms with Crippen molar-refractivity contribution < 1.29 is 0 Å². The monoisotopic (exact) mass is 646 g/mol. The van der Waals surface area contributed by atoms with Crippen LogP contribution >= 0.6 is 23.1 Å². The molecular weight excluding hydrogens is 621 g/mol. The van der Waals surface area contributed by atoms with Crippen molar-refractivity contribution in [2.75, 3.05) is 0 Å². The number of aromatic nitrogens is 2. The second-order valence-corrected chi connectivity index (χ2v) is 14.3. The zero-order chi connectivity index (χ0) is 31.6. The molecule has 0 N–H and O–H groups in total. The van der Waals surface area contributed by atoms with E-state index in [2.05, 4.69) is 152 Å². The van der Waals surface area contributed by atoms with E-state index in [1.807, 2.05) is 17.8 Å². The summed E-state index contributed by atoms with van der Waals surface area (Å²) >= 11 is 3.63. The minimum absolute atomic E-state index is 0.744. The first-order chi connectivity index (χ1) is 23.8. The largest absolute Gasteiger partial charge is 0.226 e. The van der Waals surface area contributed by atoms with E-state index in [4.69, 9.17) is 9.97 Å². The van der Waals surface area contributed by atoms with Crippen LogP contribution in [0.15, 0.2) is 168 Å². The maximum absolute atomic E-state index is 5.15. The Bertz CT molecular complexity index is 2690. The molecule has 0 spiro atoms. The predicted octanol–water partition coefficient (Wildman–Crippen LogP) is 12.8. The van der Waals surface area contributed by atoms with Crippen LogP contribution in [0.3, 0.4) is 0 Å². The Balaban J connectivity index is 1.02. The molecule has 0 atom stereocenters. The van der Waals surface area contributed by atoms with Gasteiger partial charge in [-0.15, -0.1) is 11.3 Å². The molecule has 0 saturated carbocycles. The summed E-state index contributed by atoms with van der Waals surface area (Å²) in [7, 11) is 0. The second kappa shape index (κ2) is 11.0. The van der Waals surface area contributed by atoms with Gasteiger partial charge in [-0.2, -0.15) is 0 Å². The SMILES string of the molecule is c1ccc(-c2nc(-c3ccc(-c4cccc(-c5ccc6c(c5)-c5cccc7cccc(c57)S6)c4)cc3)nc3c2sc2ccccc23)cc1. The Hall–Kier alpha value is -5.55. The molecule has 224 valence electrons. The Labute approximate surface area is 286 Å². The highest BCUT2D eigenvalue weighted by molar-refractivity contribution is 7.99. The first-order valence-electron chi connectivity index (χ1n) is 16.1. The van der Waals surface area contributed by atoms with Crippen molar-refractivity contribution in [3.63, 3.8) is 0 Å². The van der Waals surface area contributed by atoms with E-state index in [0.29, 0.717) is 0 Å².